The first-order valence-electron chi connectivity index (χ1n) is 9.52. The summed E-state index contributed by atoms with van der Waals surface area (Å²) in [6, 6.07) is 7.76. The zero-order valence-corrected chi connectivity index (χ0v) is 15.2. The van der Waals surface area contributed by atoms with Gasteiger partial charge in [0, 0.05) is 32.2 Å². The van der Waals surface area contributed by atoms with Crippen molar-refractivity contribution in [3.05, 3.63) is 29.8 Å². The Morgan fingerprint density at radius 2 is 1.84 bits per heavy atom. The van der Waals surface area contributed by atoms with Crippen molar-refractivity contribution in [2.75, 3.05) is 45.9 Å². The van der Waals surface area contributed by atoms with Gasteiger partial charge in [-0.3, -0.25) is 4.79 Å². The van der Waals surface area contributed by atoms with Crippen LogP contribution in [0, 0.1) is 11.8 Å². The molecule has 1 amide bonds. The summed E-state index contributed by atoms with van der Waals surface area (Å²) in [7, 11) is 0. The molecule has 25 heavy (non-hydrogen) atoms. The van der Waals surface area contributed by atoms with E-state index in [0.717, 1.165) is 37.5 Å². The summed E-state index contributed by atoms with van der Waals surface area (Å²) >= 11 is 0. The van der Waals surface area contributed by atoms with Crippen LogP contribution in [-0.4, -0.2) is 66.8 Å². The highest BCUT2D eigenvalue weighted by molar-refractivity contribution is 5.79. The van der Waals surface area contributed by atoms with Gasteiger partial charge in [-0.2, -0.15) is 0 Å². The van der Waals surface area contributed by atoms with Gasteiger partial charge in [-0.15, -0.1) is 0 Å². The monoisotopic (exact) mass is 346 g/mol. The summed E-state index contributed by atoms with van der Waals surface area (Å²) in [5.41, 5.74) is 1.01. The van der Waals surface area contributed by atoms with E-state index in [1.807, 2.05) is 36.1 Å². The molecule has 2 saturated heterocycles. The fraction of sp³-hybridized carbons (Fsp3) is 0.650. The van der Waals surface area contributed by atoms with Crippen LogP contribution in [0.25, 0.3) is 0 Å². The molecule has 2 aliphatic heterocycles. The Morgan fingerprint density at radius 1 is 1.16 bits per heavy atom. The van der Waals surface area contributed by atoms with Gasteiger partial charge in [-0.05, 0) is 56.5 Å². The van der Waals surface area contributed by atoms with Crippen molar-refractivity contribution in [2.45, 2.75) is 26.2 Å². The van der Waals surface area contributed by atoms with Crippen molar-refractivity contribution in [3.8, 4) is 5.75 Å². The van der Waals surface area contributed by atoms with E-state index in [4.69, 9.17) is 4.74 Å². The second-order valence-electron chi connectivity index (χ2n) is 7.26. The number of aliphatic hydroxyl groups is 1. The lowest BCUT2D eigenvalue weighted by atomic mass is 9.96. The summed E-state index contributed by atoms with van der Waals surface area (Å²) in [4.78, 5) is 17.1. The average Bonchev–Trinajstić information content (AvgIpc) is 3.27. The van der Waals surface area contributed by atoms with Crippen molar-refractivity contribution >= 4 is 5.91 Å². The van der Waals surface area contributed by atoms with Gasteiger partial charge in [0.2, 0.25) is 5.91 Å². The Bertz CT molecular complexity index is 555. The molecule has 138 valence electrons. The third kappa shape index (κ3) is 4.73. The molecule has 3 rings (SSSR count). The molecule has 0 aromatic heterocycles. The molecule has 1 N–H and O–H groups in total. The second-order valence-corrected chi connectivity index (χ2v) is 7.26. The molecule has 0 radical (unpaired) electrons. The van der Waals surface area contributed by atoms with Crippen LogP contribution in [-0.2, 0) is 11.2 Å². The minimum Gasteiger partial charge on any atom is -0.494 e. The quantitative estimate of drug-likeness (QED) is 0.818. The van der Waals surface area contributed by atoms with Crippen LogP contribution in [0.3, 0.4) is 0 Å². The summed E-state index contributed by atoms with van der Waals surface area (Å²) < 4.78 is 5.44. The smallest absolute Gasteiger partial charge is 0.227 e. The first-order chi connectivity index (χ1) is 12.2. The highest BCUT2D eigenvalue weighted by Crippen LogP contribution is 2.26. The number of aliphatic hydroxyl groups excluding tert-OH is 1. The van der Waals surface area contributed by atoms with Crippen molar-refractivity contribution in [1.29, 1.82) is 0 Å². The lowest BCUT2D eigenvalue weighted by molar-refractivity contribution is -0.129. The summed E-state index contributed by atoms with van der Waals surface area (Å²) in [5.74, 6) is 1.61. The van der Waals surface area contributed by atoms with E-state index in [1.54, 1.807) is 0 Å². The number of carbonyl (C=O) groups excluding carboxylic acids is 1. The van der Waals surface area contributed by atoms with Gasteiger partial charge in [0.1, 0.15) is 5.75 Å². The van der Waals surface area contributed by atoms with Gasteiger partial charge < -0.3 is 19.6 Å². The van der Waals surface area contributed by atoms with Crippen LogP contribution in [0.2, 0.25) is 0 Å². The molecule has 0 saturated carbocycles. The number of carbonyl (C=O) groups is 1. The molecule has 5 nitrogen and oxygen atoms in total. The van der Waals surface area contributed by atoms with Crippen LogP contribution in [0.1, 0.15) is 25.3 Å². The highest BCUT2D eigenvalue weighted by atomic mass is 16.5. The summed E-state index contributed by atoms with van der Waals surface area (Å²) in [6.45, 7) is 7.57. The van der Waals surface area contributed by atoms with Crippen molar-refractivity contribution in [2.24, 2.45) is 11.8 Å². The number of nitrogens with zero attached hydrogens (tertiary/aromatic N) is 2. The third-order valence-electron chi connectivity index (χ3n) is 5.44. The number of amides is 1. The van der Waals surface area contributed by atoms with E-state index in [0.29, 0.717) is 25.5 Å². The summed E-state index contributed by atoms with van der Waals surface area (Å²) in [6.07, 6.45) is 2.97. The molecule has 1 aromatic carbocycles. The number of likely N-dealkylation sites (tertiary alicyclic amines) is 2. The topological polar surface area (TPSA) is 53.0 Å². The van der Waals surface area contributed by atoms with Crippen LogP contribution < -0.4 is 4.74 Å². The molecule has 0 aliphatic carbocycles. The van der Waals surface area contributed by atoms with E-state index >= 15 is 0 Å². The number of ether oxygens (including phenoxy) is 1. The van der Waals surface area contributed by atoms with Gasteiger partial charge in [0.25, 0.3) is 0 Å². The van der Waals surface area contributed by atoms with Crippen LogP contribution in [0.15, 0.2) is 24.3 Å². The van der Waals surface area contributed by atoms with Gasteiger partial charge in [-0.25, -0.2) is 0 Å². The molecular weight excluding hydrogens is 316 g/mol. The SMILES string of the molecule is CCOc1ccc(CC(=O)N2C[C@@H](CN3CCCC3)[C@@H](CO)C2)cc1. The molecule has 2 heterocycles. The molecule has 0 bridgehead atoms. The fourth-order valence-electron chi connectivity index (χ4n) is 4.01. The largest absolute Gasteiger partial charge is 0.494 e. The molecule has 1 aromatic rings. The lowest BCUT2D eigenvalue weighted by Crippen LogP contribution is -2.33. The first kappa shape index (κ1) is 18.2. The predicted octanol–water partition coefficient (Wildman–Crippen LogP) is 1.79. The normalized spacial score (nSPS) is 24.0. The van der Waals surface area contributed by atoms with Gasteiger partial charge in [0.05, 0.1) is 13.0 Å². The van der Waals surface area contributed by atoms with Crippen LogP contribution in [0.4, 0.5) is 0 Å². The Balaban J connectivity index is 1.54. The lowest BCUT2D eigenvalue weighted by Gasteiger charge is -2.22. The highest BCUT2D eigenvalue weighted by Gasteiger charge is 2.35. The van der Waals surface area contributed by atoms with Gasteiger partial charge in [0.15, 0.2) is 0 Å². The van der Waals surface area contributed by atoms with E-state index in [1.165, 1.54) is 12.8 Å². The average molecular weight is 346 g/mol. The molecule has 2 atom stereocenters. The first-order valence-corrected chi connectivity index (χ1v) is 9.52. The van der Waals surface area contributed by atoms with Crippen LogP contribution in [0.5, 0.6) is 5.75 Å². The molecular formula is C20H30N2O3. The maximum absolute atomic E-state index is 12.7. The van der Waals surface area contributed by atoms with Crippen molar-refractivity contribution in [3.63, 3.8) is 0 Å². The maximum Gasteiger partial charge on any atom is 0.227 e. The molecule has 2 fully saturated rings. The number of rotatable bonds is 7. The van der Waals surface area contributed by atoms with Crippen LogP contribution >= 0.6 is 0 Å². The Kier molecular flexibility index (Phi) is 6.32. The Morgan fingerprint density at radius 3 is 2.48 bits per heavy atom. The number of hydrogen-bond donors (Lipinski definition) is 1. The minimum absolute atomic E-state index is 0.159. The Labute approximate surface area is 150 Å². The molecule has 5 heteroatoms. The molecule has 0 unspecified atom stereocenters. The van der Waals surface area contributed by atoms with E-state index < -0.39 is 0 Å². The molecule has 0 spiro atoms. The minimum atomic E-state index is 0.159. The van der Waals surface area contributed by atoms with Crippen molar-refractivity contribution in [1.82, 2.24) is 9.80 Å². The second kappa shape index (κ2) is 8.68. The number of benzene rings is 1. The third-order valence-corrected chi connectivity index (χ3v) is 5.44. The predicted molar refractivity (Wildman–Crippen MR) is 97.6 cm³/mol. The van der Waals surface area contributed by atoms with Crippen molar-refractivity contribution < 1.29 is 14.6 Å². The zero-order chi connectivity index (χ0) is 17.6. The fourth-order valence-corrected chi connectivity index (χ4v) is 4.01. The standard InChI is InChI=1S/C20H30N2O3/c1-2-25-19-7-5-16(6-8-19)11-20(24)22-13-17(18(14-22)15-23)12-21-9-3-4-10-21/h5-8,17-18,23H,2-4,9-15H2,1H3/t17-,18-/m1/s1. The van der Waals surface area contributed by atoms with E-state index in [9.17, 15) is 9.90 Å². The van der Waals surface area contributed by atoms with E-state index in [-0.39, 0.29) is 18.4 Å². The zero-order valence-electron chi connectivity index (χ0n) is 15.2. The summed E-state index contributed by atoms with van der Waals surface area (Å²) in [5, 5.41) is 9.71. The Hall–Kier alpha value is -1.59. The maximum atomic E-state index is 12.7. The molecule has 2 aliphatic rings. The number of hydrogen-bond acceptors (Lipinski definition) is 4. The van der Waals surface area contributed by atoms with Gasteiger partial charge in [-0.1, -0.05) is 12.1 Å². The van der Waals surface area contributed by atoms with Gasteiger partial charge >= 0.3 is 0 Å². The van der Waals surface area contributed by atoms with E-state index in [2.05, 4.69) is 4.90 Å².